The van der Waals surface area contributed by atoms with Crippen molar-refractivity contribution < 1.29 is 19.0 Å². The number of nitrogens with one attached hydrogen (secondary N) is 1. The van der Waals surface area contributed by atoms with Crippen molar-refractivity contribution in [2.45, 2.75) is 6.54 Å². The zero-order valence-corrected chi connectivity index (χ0v) is 11.3. The van der Waals surface area contributed by atoms with Crippen LogP contribution >= 0.6 is 0 Å². The smallest absolute Gasteiger partial charge is 0.339 e. The summed E-state index contributed by atoms with van der Waals surface area (Å²) in [6.07, 6.45) is 1.65. The first kappa shape index (κ1) is 15.6. The molecule has 0 aliphatic rings. The number of hydrogen-bond acceptors (Lipinski definition) is 6. The highest BCUT2D eigenvalue weighted by Gasteiger charge is 2.11. The van der Waals surface area contributed by atoms with Gasteiger partial charge in [-0.1, -0.05) is 0 Å². The van der Waals surface area contributed by atoms with Crippen LogP contribution in [-0.2, 0) is 20.8 Å². The number of esters is 1. The van der Waals surface area contributed by atoms with Gasteiger partial charge in [0, 0.05) is 26.4 Å². The quantitative estimate of drug-likeness (QED) is 0.523. The average molecular weight is 268 g/mol. The monoisotopic (exact) mass is 268 g/mol. The average Bonchev–Trinajstić information content (AvgIpc) is 2.46. The van der Waals surface area contributed by atoms with Crippen molar-refractivity contribution in [1.29, 1.82) is 0 Å². The molecule has 1 aromatic rings. The normalized spacial score (nSPS) is 10.4. The Kier molecular flexibility index (Phi) is 7.72. The summed E-state index contributed by atoms with van der Waals surface area (Å²) >= 11 is 0. The molecule has 0 fully saturated rings. The van der Waals surface area contributed by atoms with Crippen molar-refractivity contribution in [2.75, 3.05) is 40.6 Å². The van der Waals surface area contributed by atoms with Crippen LogP contribution in [0, 0.1) is 0 Å². The van der Waals surface area contributed by atoms with Crippen LogP contribution in [0.1, 0.15) is 16.1 Å². The summed E-state index contributed by atoms with van der Waals surface area (Å²) in [7, 11) is 2.99. The third-order valence-corrected chi connectivity index (χ3v) is 2.44. The highest BCUT2D eigenvalue weighted by molar-refractivity contribution is 5.90. The molecule has 0 unspecified atom stereocenters. The number of carbonyl (C=O) groups excluding carboxylic acids is 1. The molecule has 0 aliphatic heterocycles. The number of aromatic nitrogens is 1. The summed E-state index contributed by atoms with van der Waals surface area (Å²) in [5, 5.41) is 3.16. The molecule has 0 atom stereocenters. The maximum absolute atomic E-state index is 11.5. The van der Waals surface area contributed by atoms with E-state index in [4.69, 9.17) is 14.2 Å². The van der Waals surface area contributed by atoms with Crippen LogP contribution in [0.2, 0.25) is 0 Å². The van der Waals surface area contributed by atoms with Crippen molar-refractivity contribution in [3.63, 3.8) is 0 Å². The Morgan fingerprint density at radius 2 is 2.16 bits per heavy atom. The molecular weight excluding hydrogens is 248 g/mol. The van der Waals surface area contributed by atoms with E-state index in [1.54, 1.807) is 25.4 Å². The maximum atomic E-state index is 11.5. The molecule has 106 valence electrons. The Balaban J connectivity index is 2.31. The molecule has 0 saturated heterocycles. The van der Waals surface area contributed by atoms with Gasteiger partial charge in [0.25, 0.3) is 0 Å². The minimum atomic E-state index is -0.374. The lowest BCUT2D eigenvalue weighted by Crippen LogP contribution is -2.22. The number of carbonyl (C=O) groups is 1. The zero-order chi connectivity index (χ0) is 13.9. The molecule has 19 heavy (non-hydrogen) atoms. The molecular formula is C13H20N2O4. The van der Waals surface area contributed by atoms with E-state index in [1.165, 1.54) is 7.11 Å². The molecule has 0 spiro atoms. The van der Waals surface area contributed by atoms with Crippen LogP contribution in [0.15, 0.2) is 18.3 Å². The topological polar surface area (TPSA) is 69.7 Å². The molecule has 1 aromatic heterocycles. The van der Waals surface area contributed by atoms with E-state index >= 15 is 0 Å². The molecule has 6 heteroatoms. The highest BCUT2D eigenvalue weighted by atomic mass is 16.5. The highest BCUT2D eigenvalue weighted by Crippen LogP contribution is 2.06. The SMILES string of the molecule is COCCOCCNCc1ncccc1C(=O)OC. The number of pyridine rings is 1. The summed E-state index contributed by atoms with van der Waals surface area (Å²) in [4.78, 5) is 15.7. The van der Waals surface area contributed by atoms with Gasteiger partial charge in [-0.05, 0) is 12.1 Å². The van der Waals surface area contributed by atoms with Crippen molar-refractivity contribution in [1.82, 2.24) is 10.3 Å². The van der Waals surface area contributed by atoms with Crippen molar-refractivity contribution in [3.8, 4) is 0 Å². The van der Waals surface area contributed by atoms with Crippen LogP contribution < -0.4 is 5.32 Å². The fraction of sp³-hybridized carbons (Fsp3) is 0.538. The first-order chi connectivity index (χ1) is 9.29. The summed E-state index contributed by atoms with van der Waals surface area (Å²) in [5.41, 5.74) is 1.16. The molecule has 1 heterocycles. The summed E-state index contributed by atoms with van der Waals surface area (Å²) < 4.78 is 14.9. The molecule has 0 bridgehead atoms. The van der Waals surface area contributed by atoms with Crippen molar-refractivity contribution in [3.05, 3.63) is 29.6 Å². The lowest BCUT2D eigenvalue weighted by atomic mass is 10.2. The third-order valence-electron chi connectivity index (χ3n) is 2.44. The first-order valence-corrected chi connectivity index (χ1v) is 6.09. The number of nitrogens with zero attached hydrogens (tertiary/aromatic N) is 1. The van der Waals surface area contributed by atoms with Crippen molar-refractivity contribution >= 4 is 5.97 Å². The molecule has 0 aliphatic carbocycles. The second-order valence-corrected chi connectivity index (χ2v) is 3.77. The predicted octanol–water partition coefficient (Wildman–Crippen LogP) is 0.621. The van der Waals surface area contributed by atoms with Crippen LogP contribution in [-0.4, -0.2) is 51.5 Å². The fourth-order valence-electron chi connectivity index (χ4n) is 1.47. The molecule has 1 rings (SSSR count). The Morgan fingerprint density at radius 1 is 1.32 bits per heavy atom. The third kappa shape index (κ3) is 5.78. The Labute approximate surface area is 113 Å². The van der Waals surface area contributed by atoms with E-state index < -0.39 is 0 Å². The number of methoxy groups -OCH3 is 2. The number of ether oxygens (including phenoxy) is 3. The molecule has 6 nitrogen and oxygen atoms in total. The van der Waals surface area contributed by atoms with Crippen LogP contribution in [0.3, 0.4) is 0 Å². The summed E-state index contributed by atoms with van der Waals surface area (Å²) in [6.45, 7) is 2.94. The van der Waals surface area contributed by atoms with Gasteiger partial charge in [0.1, 0.15) is 0 Å². The number of hydrogen-bond donors (Lipinski definition) is 1. The predicted molar refractivity (Wildman–Crippen MR) is 70.0 cm³/mol. The van der Waals surface area contributed by atoms with Crippen LogP contribution in [0.4, 0.5) is 0 Å². The van der Waals surface area contributed by atoms with Crippen LogP contribution in [0.5, 0.6) is 0 Å². The first-order valence-electron chi connectivity index (χ1n) is 6.09. The van der Waals surface area contributed by atoms with Gasteiger partial charge in [0.15, 0.2) is 0 Å². The van der Waals surface area contributed by atoms with Gasteiger partial charge in [0.05, 0.1) is 38.2 Å². The minimum absolute atomic E-state index is 0.374. The Bertz CT molecular complexity index is 385. The van der Waals surface area contributed by atoms with E-state index in [9.17, 15) is 4.79 Å². The lowest BCUT2D eigenvalue weighted by Gasteiger charge is -2.08. The maximum Gasteiger partial charge on any atom is 0.339 e. The van der Waals surface area contributed by atoms with Gasteiger partial charge in [-0.15, -0.1) is 0 Å². The zero-order valence-electron chi connectivity index (χ0n) is 11.3. The second kappa shape index (κ2) is 9.43. The van der Waals surface area contributed by atoms with E-state index in [0.717, 1.165) is 0 Å². The van der Waals surface area contributed by atoms with Gasteiger partial charge in [-0.25, -0.2) is 4.79 Å². The molecule has 0 amide bonds. The fourth-order valence-corrected chi connectivity index (χ4v) is 1.47. The molecule has 0 radical (unpaired) electrons. The minimum Gasteiger partial charge on any atom is -0.465 e. The van der Waals surface area contributed by atoms with E-state index in [1.807, 2.05) is 0 Å². The summed E-state index contributed by atoms with van der Waals surface area (Å²) in [5.74, 6) is -0.374. The van der Waals surface area contributed by atoms with E-state index in [2.05, 4.69) is 10.3 Å². The van der Waals surface area contributed by atoms with E-state index in [-0.39, 0.29) is 5.97 Å². The molecule has 0 saturated carbocycles. The Hall–Kier alpha value is -1.50. The van der Waals surface area contributed by atoms with Gasteiger partial charge < -0.3 is 19.5 Å². The standard InChI is InChI=1S/C13H20N2O4/c1-17-8-9-19-7-6-14-10-12-11(13(16)18-2)4-3-5-15-12/h3-5,14H,6-10H2,1-2H3. The van der Waals surface area contributed by atoms with E-state index in [0.29, 0.717) is 44.2 Å². The van der Waals surface area contributed by atoms with Crippen LogP contribution in [0.25, 0.3) is 0 Å². The van der Waals surface area contributed by atoms with Gasteiger partial charge in [-0.3, -0.25) is 4.98 Å². The molecule has 0 aromatic carbocycles. The summed E-state index contributed by atoms with van der Waals surface area (Å²) in [6, 6.07) is 3.41. The van der Waals surface area contributed by atoms with Gasteiger partial charge >= 0.3 is 5.97 Å². The molecule has 1 N–H and O–H groups in total. The largest absolute Gasteiger partial charge is 0.465 e. The van der Waals surface area contributed by atoms with Gasteiger partial charge in [0.2, 0.25) is 0 Å². The number of rotatable bonds is 9. The lowest BCUT2D eigenvalue weighted by molar-refractivity contribution is 0.0598. The second-order valence-electron chi connectivity index (χ2n) is 3.77. The Morgan fingerprint density at radius 3 is 2.89 bits per heavy atom. The van der Waals surface area contributed by atoms with Gasteiger partial charge in [-0.2, -0.15) is 0 Å². The van der Waals surface area contributed by atoms with Crippen molar-refractivity contribution in [2.24, 2.45) is 0 Å².